The Morgan fingerprint density at radius 2 is 1.90 bits per heavy atom. The van der Waals surface area contributed by atoms with E-state index in [9.17, 15) is 4.79 Å². The second-order valence-corrected chi connectivity index (χ2v) is 6.60. The van der Waals surface area contributed by atoms with Gasteiger partial charge in [0.25, 0.3) is 0 Å². The molecule has 0 saturated carbocycles. The maximum absolute atomic E-state index is 13.0. The van der Waals surface area contributed by atoms with Crippen LogP contribution in [0.2, 0.25) is 0 Å². The molecule has 1 unspecified atom stereocenters. The van der Waals surface area contributed by atoms with Gasteiger partial charge in [-0.05, 0) is 68.8 Å². The number of fused-ring (bicyclic) bond motifs is 1. The van der Waals surface area contributed by atoms with E-state index in [-0.39, 0.29) is 6.04 Å². The normalized spacial score (nSPS) is 19.7. The molecule has 21 heavy (non-hydrogen) atoms. The lowest BCUT2D eigenvalue weighted by Crippen LogP contribution is -2.39. The molecule has 0 aromatic heterocycles. The van der Waals surface area contributed by atoms with Gasteiger partial charge in [-0.2, -0.15) is 0 Å². The molecule has 1 aliphatic heterocycles. The average Bonchev–Trinajstić information content (AvgIpc) is 3.18. The highest BCUT2D eigenvalue weighted by atomic mass is 16.1. The number of hydrogen-bond acceptors (Lipinski definition) is 2. The second kappa shape index (κ2) is 6.74. The van der Waals surface area contributed by atoms with Gasteiger partial charge >= 0.3 is 0 Å². The quantitative estimate of drug-likeness (QED) is 0.736. The first-order valence-electron chi connectivity index (χ1n) is 8.69. The van der Waals surface area contributed by atoms with Gasteiger partial charge in [-0.25, -0.2) is 0 Å². The molecule has 0 amide bonds. The van der Waals surface area contributed by atoms with Crippen LogP contribution < -0.4 is 0 Å². The van der Waals surface area contributed by atoms with E-state index >= 15 is 0 Å². The molecular formula is C19H27NO. The van der Waals surface area contributed by atoms with Gasteiger partial charge in [0.15, 0.2) is 5.78 Å². The highest BCUT2D eigenvalue weighted by molar-refractivity contribution is 6.00. The predicted octanol–water partition coefficient (Wildman–Crippen LogP) is 4.01. The summed E-state index contributed by atoms with van der Waals surface area (Å²) in [6, 6.07) is 6.56. The minimum absolute atomic E-state index is 0.118. The first-order valence-corrected chi connectivity index (χ1v) is 8.69. The van der Waals surface area contributed by atoms with Crippen LogP contribution in [0.15, 0.2) is 18.2 Å². The molecular weight excluding hydrogens is 258 g/mol. The fourth-order valence-electron chi connectivity index (χ4n) is 3.85. The van der Waals surface area contributed by atoms with E-state index in [1.165, 1.54) is 43.2 Å². The van der Waals surface area contributed by atoms with Crippen LogP contribution in [0.1, 0.15) is 66.9 Å². The van der Waals surface area contributed by atoms with Gasteiger partial charge in [0.05, 0.1) is 6.04 Å². The van der Waals surface area contributed by atoms with E-state index in [0.717, 1.165) is 37.9 Å². The van der Waals surface area contributed by atoms with Gasteiger partial charge in [-0.1, -0.05) is 31.9 Å². The lowest BCUT2D eigenvalue weighted by Gasteiger charge is -2.26. The highest BCUT2D eigenvalue weighted by Gasteiger charge is 2.28. The van der Waals surface area contributed by atoms with Crippen LogP contribution >= 0.6 is 0 Å². The number of unbranched alkanes of at least 4 members (excludes halogenated alkanes) is 1. The largest absolute Gasteiger partial charge is 0.293 e. The maximum atomic E-state index is 13.0. The lowest BCUT2D eigenvalue weighted by atomic mass is 9.96. The first kappa shape index (κ1) is 14.8. The Balaban J connectivity index is 1.79. The smallest absolute Gasteiger partial charge is 0.179 e. The summed E-state index contributed by atoms with van der Waals surface area (Å²) in [6.45, 7) is 4.41. The molecule has 114 valence electrons. The Kier molecular flexibility index (Phi) is 4.74. The molecule has 1 saturated heterocycles. The molecule has 2 heteroatoms. The fraction of sp³-hybridized carbons (Fsp3) is 0.632. The molecule has 1 heterocycles. The zero-order chi connectivity index (χ0) is 14.7. The average molecular weight is 285 g/mol. The number of benzene rings is 1. The summed E-state index contributed by atoms with van der Waals surface area (Å²) in [5.74, 6) is 0.361. The van der Waals surface area contributed by atoms with Gasteiger partial charge in [-0.15, -0.1) is 0 Å². The van der Waals surface area contributed by atoms with Gasteiger partial charge in [0.2, 0.25) is 0 Å². The number of aryl methyl sites for hydroxylation is 2. The Morgan fingerprint density at radius 3 is 2.67 bits per heavy atom. The Labute approximate surface area is 128 Å². The van der Waals surface area contributed by atoms with Gasteiger partial charge in [-0.3, -0.25) is 9.69 Å². The minimum atomic E-state index is 0.118. The van der Waals surface area contributed by atoms with E-state index < -0.39 is 0 Å². The van der Waals surface area contributed by atoms with Crippen molar-refractivity contribution in [2.75, 3.05) is 13.1 Å². The third-order valence-corrected chi connectivity index (χ3v) is 5.10. The number of hydrogen-bond donors (Lipinski definition) is 0. The van der Waals surface area contributed by atoms with E-state index in [2.05, 4.69) is 30.0 Å². The SMILES string of the molecule is CCCCC(C(=O)c1ccc2c(c1)CCC2)N1CCCC1. The lowest BCUT2D eigenvalue weighted by molar-refractivity contribution is 0.0835. The molecule has 1 atom stereocenters. The Hall–Kier alpha value is -1.15. The standard InChI is InChI=1S/C19H27NO/c1-2-3-9-18(20-12-4-5-13-20)19(21)17-11-10-15-7-6-8-16(15)14-17/h10-11,14,18H,2-9,12-13H2,1H3. The molecule has 1 aliphatic carbocycles. The number of carbonyl (C=O) groups excluding carboxylic acids is 1. The van der Waals surface area contributed by atoms with Crippen molar-refractivity contribution in [3.63, 3.8) is 0 Å². The molecule has 1 aromatic carbocycles. The summed E-state index contributed by atoms with van der Waals surface area (Å²) in [4.78, 5) is 15.4. The third kappa shape index (κ3) is 3.21. The topological polar surface area (TPSA) is 20.3 Å². The molecule has 1 aromatic rings. The van der Waals surface area contributed by atoms with Crippen LogP contribution in [0.5, 0.6) is 0 Å². The van der Waals surface area contributed by atoms with E-state index in [1.807, 2.05) is 0 Å². The van der Waals surface area contributed by atoms with Crippen molar-refractivity contribution in [3.05, 3.63) is 34.9 Å². The third-order valence-electron chi connectivity index (χ3n) is 5.10. The number of Topliss-reactive ketones (excluding diaryl/α,β-unsaturated/α-hetero) is 1. The van der Waals surface area contributed by atoms with Crippen LogP contribution in [0.25, 0.3) is 0 Å². The number of carbonyl (C=O) groups is 1. The van der Waals surface area contributed by atoms with Crippen LogP contribution in [0, 0.1) is 0 Å². The van der Waals surface area contributed by atoms with Crippen molar-refractivity contribution in [2.24, 2.45) is 0 Å². The van der Waals surface area contributed by atoms with Crippen molar-refractivity contribution in [3.8, 4) is 0 Å². The number of ketones is 1. The summed E-state index contributed by atoms with van der Waals surface area (Å²) in [5, 5.41) is 0. The van der Waals surface area contributed by atoms with E-state index in [4.69, 9.17) is 0 Å². The van der Waals surface area contributed by atoms with Crippen molar-refractivity contribution in [1.82, 2.24) is 4.90 Å². The molecule has 2 aliphatic rings. The minimum Gasteiger partial charge on any atom is -0.293 e. The van der Waals surface area contributed by atoms with E-state index in [1.54, 1.807) is 0 Å². The summed E-state index contributed by atoms with van der Waals surface area (Å²) in [6.07, 6.45) is 9.43. The second-order valence-electron chi connectivity index (χ2n) is 6.60. The van der Waals surface area contributed by atoms with Crippen molar-refractivity contribution in [1.29, 1.82) is 0 Å². The zero-order valence-electron chi connectivity index (χ0n) is 13.2. The van der Waals surface area contributed by atoms with Crippen LogP contribution in [0.3, 0.4) is 0 Å². The van der Waals surface area contributed by atoms with Gasteiger partial charge < -0.3 is 0 Å². The van der Waals surface area contributed by atoms with Crippen molar-refractivity contribution < 1.29 is 4.79 Å². The highest BCUT2D eigenvalue weighted by Crippen LogP contribution is 2.25. The summed E-state index contributed by atoms with van der Waals surface area (Å²) in [5.41, 5.74) is 3.82. The molecule has 2 nitrogen and oxygen atoms in total. The number of nitrogens with zero attached hydrogens (tertiary/aromatic N) is 1. The van der Waals surface area contributed by atoms with E-state index in [0.29, 0.717) is 5.78 Å². The molecule has 0 N–H and O–H groups in total. The summed E-state index contributed by atoms with van der Waals surface area (Å²) >= 11 is 0. The Bertz CT molecular complexity index is 502. The van der Waals surface area contributed by atoms with Crippen LogP contribution in [-0.2, 0) is 12.8 Å². The summed E-state index contributed by atoms with van der Waals surface area (Å²) < 4.78 is 0. The van der Waals surface area contributed by atoms with Crippen molar-refractivity contribution in [2.45, 2.75) is 64.3 Å². The number of likely N-dealkylation sites (tertiary alicyclic amines) is 1. The molecule has 0 bridgehead atoms. The molecule has 0 radical (unpaired) electrons. The Morgan fingerprint density at radius 1 is 1.14 bits per heavy atom. The summed E-state index contributed by atoms with van der Waals surface area (Å²) in [7, 11) is 0. The predicted molar refractivity (Wildman–Crippen MR) is 86.9 cm³/mol. The maximum Gasteiger partial charge on any atom is 0.179 e. The molecule has 3 rings (SSSR count). The van der Waals surface area contributed by atoms with Crippen LogP contribution in [-0.4, -0.2) is 29.8 Å². The van der Waals surface area contributed by atoms with Crippen LogP contribution in [0.4, 0.5) is 0 Å². The fourth-order valence-corrected chi connectivity index (χ4v) is 3.85. The zero-order valence-corrected chi connectivity index (χ0v) is 13.2. The molecule has 1 fully saturated rings. The monoisotopic (exact) mass is 285 g/mol. The molecule has 0 spiro atoms. The van der Waals surface area contributed by atoms with Crippen molar-refractivity contribution >= 4 is 5.78 Å². The van der Waals surface area contributed by atoms with Gasteiger partial charge in [0.1, 0.15) is 0 Å². The van der Waals surface area contributed by atoms with Gasteiger partial charge in [0, 0.05) is 5.56 Å². The first-order chi connectivity index (χ1) is 10.3. The number of rotatable bonds is 6.